The van der Waals surface area contributed by atoms with Crippen molar-refractivity contribution in [3.63, 3.8) is 0 Å². The predicted octanol–water partition coefficient (Wildman–Crippen LogP) is 3.71. The molecule has 0 radical (unpaired) electrons. The number of imidazole rings is 1. The molecular formula is C15H18ClN3. The fourth-order valence-electron chi connectivity index (χ4n) is 4.14. The van der Waals surface area contributed by atoms with E-state index in [0.29, 0.717) is 5.95 Å². The molecule has 2 aliphatic carbocycles. The molecule has 19 heavy (non-hydrogen) atoms. The zero-order valence-electron chi connectivity index (χ0n) is 10.8. The predicted molar refractivity (Wildman–Crippen MR) is 78.1 cm³/mol. The molecule has 4 heteroatoms. The minimum absolute atomic E-state index is 0.625. The summed E-state index contributed by atoms with van der Waals surface area (Å²) >= 11 is 6.10. The van der Waals surface area contributed by atoms with E-state index in [0.717, 1.165) is 40.4 Å². The van der Waals surface area contributed by atoms with E-state index in [-0.39, 0.29) is 0 Å². The van der Waals surface area contributed by atoms with E-state index >= 15 is 0 Å². The van der Waals surface area contributed by atoms with Gasteiger partial charge in [-0.2, -0.15) is 0 Å². The highest BCUT2D eigenvalue weighted by Gasteiger charge is 2.39. The summed E-state index contributed by atoms with van der Waals surface area (Å²) in [6, 6.07) is 5.80. The van der Waals surface area contributed by atoms with Gasteiger partial charge in [0.1, 0.15) is 0 Å². The van der Waals surface area contributed by atoms with Crippen LogP contribution < -0.4 is 5.73 Å². The lowest BCUT2D eigenvalue weighted by molar-refractivity contribution is 0.300. The van der Waals surface area contributed by atoms with Crippen LogP contribution in [0.25, 0.3) is 11.0 Å². The number of nitrogens with zero attached hydrogens (tertiary/aromatic N) is 2. The molecule has 2 bridgehead atoms. The normalized spacial score (nSPS) is 29.4. The van der Waals surface area contributed by atoms with Gasteiger partial charge in [-0.3, -0.25) is 0 Å². The summed E-state index contributed by atoms with van der Waals surface area (Å²) in [5, 5.41) is 0.751. The number of benzene rings is 1. The first kappa shape index (κ1) is 11.6. The van der Waals surface area contributed by atoms with Gasteiger partial charge in [0.2, 0.25) is 5.95 Å². The Labute approximate surface area is 117 Å². The van der Waals surface area contributed by atoms with E-state index < -0.39 is 0 Å². The van der Waals surface area contributed by atoms with Crippen molar-refractivity contribution in [2.24, 2.45) is 17.8 Å². The second-order valence-corrected chi connectivity index (χ2v) is 6.59. The highest BCUT2D eigenvalue weighted by atomic mass is 35.5. The Morgan fingerprint density at radius 2 is 2.21 bits per heavy atom. The van der Waals surface area contributed by atoms with Crippen LogP contribution in [0.4, 0.5) is 5.95 Å². The van der Waals surface area contributed by atoms with Crippen LogP contribution in [-0.2, 0) is 6.54 Å². The Morgan fingerprint density at radius 1 is 1.32 bits per heavy atom. The third-order valence-electron chi connectivity index (χ3n) is 5.04. The molecule has 0 aliphatic heterocycles. The van der Waals surface area contributed by atoms with Crippen molar-refractivity contribution in [3.8, 4) is 0 Å². The molecule has 0 saturated heterocycles. The number of hydrogen-bond donors (Lipinski definition) is 1. The number of nitrogen functional groups attached to an aromatic ring is 1. The first-order chi connectivity index (χ1) is 9.20. The molecule has 2 aromatic rings. The van der Waals surface area contributed by atoms with Gasteiger partial charge in [-0.25, -0.2) is 4.98 Å². The SMILES string of the molecule is Nc1nc2ccc(Cl)cc2n1CC1CC2CCC1C2. The summed E-state index contributed by atoms with van der Waals surface area (Å²) in [7, 11) is 0. The summed E-state index contributed by atoms with van der Waals surface area (Å²) in [6.45, 7) is 1.00. The highest BCUT2D eigenvalue weighted by molar-refractivity contribution is 6.31. The van der Waals surface area contributed by atoms with Crippen molar-refractivity contribution < 1.29 is 0 Å². The maximum atomic E-state index is 6.10. The lowest BCUT2D eigenvalue weighted by Gasteiger charge is -2.22. The Hall–Kier alpha value is -1.22. The standard InChI is InChI=1S/C15H18ClN3/c16-12-3-4-13-14(7-12)19(15(17)18-13)8-11-6-9-1-2-10(11)5-9/h3-4,7,9-11H,1-2,5-6,8H2,(H2,17,18). The van der Waals surface area contributed by atoms with E-state index in [1.807, 2.05) is 18.2 Å². The van der Waals surface area contributed by atoms with Crippen LogP contribution >= 0.6 is 11.6 Å². The quantitative estimate of drug-likeness (QED) is 0.908. The van der Waals surface area contributed by atoms with Crippen LogP contribution in [0.15, 0.2) is 18.2 Å². The Balaban J connectivity index is 1.70. The topological polar surface area (TPSA) is 43.8 Å². The van der Waals surface area contributed by atoms with Crippen LogP contribution in [0.2, 0.25) is 5.02 Å². The Kier molecular flexibility index (Phi) is 2.52. The van der Waals surface area contributed by atoms with Gasteiger partial charge in [0.15, 0.2) is 0 Å². The van der Waals surface area contributed by atoms with Gasteiger partial charge in [0.05, 0.1) is 11.0 Å². The van der Waals surface area contributed by atoms with Gasteiger partial charge in [-0.1, -0.05) is 18.0 Å². The number of halogens is 1. The summed E-state index contributed by atoms with van der Waals surface area (Å²) in [5.74, 6) is 3.27. The van der Waals surface area contributed by atoms with E-state index in [1.54, 1.807) is 0 Å². The van der Waals surface area contributed by atoms with Crippen molar-refractivity contribution in [2.45, 2.75) is 32.2 Å². The molecule has 1 aromatic carbocycles. The first-order valence-corrected chi connectivity index (χ1v) is 7.50. The fraction of sp³-hybridized carbons (Fsp3) is 0.533. The molecule has 3 unspecified atom stereocenters. The monoisotopic (exact) mass is 275 g/mol. The second-order valence-electron chi connectivity index (χ2n) is 6.15. The molecule has 0 amide bonds. The maximum absolute atomic E-state index is 6.10. The van der Waals surface area contributed by atoms with Gasteiger partial charge in [0.25, 0.3) is 0 Å². The van der Waals surface area contributed by atoms with Gasteiger partial charge < -0.3 is 10.3 Å². The van der Waals surface area contributed by atoms with Crippen molar-refractivity contribution in [3.05, 3.63) is 23.2 Å². The number of aromatic nitrogens is 2. The Bertz CT molecular complexity index is 634. The maximum Gasteiger partial charge on any atom is 0.201 e. The van der Waals surface area contributed by atoms with Crippen LogP contribution in [0, 0.1) is 17.8 Å². The molecule has 100 valence electrons. The van der Waals surface area contributed by atoms with Gasteiger partial charge in [-0.05, 0) is 55.2 Å². The third kappa shape index (κ3) is 1.83. The molecule has 2 aliphatic rings. The number of anilines is 1. The number of fused-ring (bicyclic) bond motifs is 3. The van der Waals surface area contributed by atoms with Crippen molar-refractivity contribution >= 4 is 28.6 Å². The van der Waals surface area contributed by atoms with Crippen molar-refractivity contribution in [1.82, 2.24) is 9.55 Å². The molecule has 4 rings (SSSR count). The smallest absolute Gasteiger partial charge is 0.201 e. The molecule has 1 aromatic heterocycles. The number of rotatable bonds is 2. The lowest BCUT2D eigenvalue weighted by Crippen LogP contribution is -2.18. The summed E-state index contributed by atoms with van der Waals surface area (Å²) in [4.78, 5) is 4.44. The van der Waals surface area contributed by atoms with E-state index in [9.17, 15) is 0 Å². The molecular weight excluding hydrogens is 258 g/mol. The van der Waals surface area contributed by atoms with Gasteiger partial charge in [-0.15, -0.1) is 0 Å². The molecule has 0 spiro atoms. The van der Waals surface area contributed by atoms with Crippen LogP contribution in [0.5, 0.6) is 0 Å². The van der Waals surface area contributed by atoms with Crippen LogP contribution in [-0.4, -0.2) is 9.55 Å². The Morgan fingerprint density at radius 3 is 2.95 bits per heavy atom. The molecule has 2 fully saturated rings. The minimum Gasteiger partial charge on any atom is -0.369 e. The van der Waals surface area contributed by atoms with Crippen LogP contribution in [0.3, 0.4) is 0 Å². The van der Waals surface area contributed by atoms with E-state index in [1.165, 1.54) is 25.7 Å². The van der Waals surface area contributed by atoms with Gasteiger partial charge >= 0.3 is 0 Å². The lowest BCUT2D eigenvalue weighted by atomic mass is 9.89. The molecule has 2 N–H and O–H groups in total. The molecule has 3 atom stereocenters. The second kappa shape index (κ2) is 4.14. The zero-order valence-corrected chi connectivity index (χ0v) is 11.6. The zero-order chi connectivity index (χ0) is 13.0. The number of nitrogens with two attached hydrogens (primary N) is 1. The van der Waals surface area contributed by atoms with Crippen LogP contribution in [0.1, 0.15) is 25.7 Å². The van der Waals surface area contributed by atoms with Crippen molar-refractivity contribution in [1.29, 1.82) is 0 Å². The molecule has 1 heterocycles. The summed E-state index contributed by atoms with van der Waals surface area (Å²) in [6.07, 6.45) is 5.64. The van der Waals surface area contributed by atoms with Gasteiger partial charge in [0, 0.05) is 11.6 Å². The highest BCUT2D eigenvalue weighted by Crippen LogP contribution is 2.49. The van der Waals surface area contributed by atoms with E-state index in [4.69, 9.17) is 17.3 Å². The first-order valence-electron chi connectivity index (χ1n) is 7.12. The third-order valence-corrected chi connectivity index (χ3v) is 5.28. The molecule has 2 saturated carbocycles. The molecule has 3 nitrogen and oxygen atoms in total. The minimum atomic E-state index is 0.625. The van der Waals surface area contributed by atoms with Crippen molar-refractivity contribution in [2.75, 3.05) is 5.73 Å². The summed E-state index contributed by atoms with van der Waals surface area (Å²) in [5.41, 5.74) is 8.11. The number of hydrogen-bond acceptors (Lipinski definition) is 2. The average Bonchev–Trinajstić information content (AvgIpc) is 3.06. The largest absolute Gasteiger partial charge is 0.369 e. The summed E-state index contributed by atoms with van der Waals surface area (Å²) < 4.78 is 2.16. The average molecular weight is 276 g/mol. The fourth-order valence-corrected chi connectivity index (χ4v) is 4.31. The van der Waals surface area contributed by atoms with E-state index in [2.05, 4.69) is 9.55 Å².